The zero-order valence-electron chi connectivity index (χ0n) is 11.9. The minimum absolute atomic E-state index is 0.0502. The van der Waals surface area contributed by atoms with Gasteiger partial charge in [0.15, 0.2) is 0 Å². The zero-order valence-corrected chi connectivity index (χ0v) is 12.6. The molecule has 110 valence electrons. The Labute approximate surface area is 126 Å². The molecule has 2 nitrogen and oxygen atoms in total. The highest BCUT2D eigenvalue weighted by atomic mass is 35.5. The van der Waals surface area contributed by atoms with Gasteiger partial charge < -0.3 is 9.84 Å². The summed E-state index contributed by atoms with van der Waals surface area (Å²) in [4.78, 5) is 0. The van der Waals surface area contributed by atoms with Gasteiger partial charge in [0.2, 0.25) is 0 Å². The highest BCUT2D eigenvalue weighted by Gasteiger charge is 2.40. The highest BCUT2D eigenvalue weighted by Crippen LogP contribution is 2.44. The van der Waals surface area contributed by atoms with E-state index in [1.165, 1.54) is 19.3 Å². The summed E-state index contributed by atoms with van der Waals surface area (Å²) in [6.07, 6.45) is 7.74. The molecule has 0 amide bonds. The van der Waals surface area contributed by atoms with Crippen molar-refractivity contribution in [2.75, 3.05) is 6.61 Å². The number of benzene rings is 1. The van der Waals surface area contributed by atoms with Crippen LogP contribution in [0.2, 0.25) is 5.02 Å². The van der Waals surface area contributed by atoms with E-state index in [0.717, 1.165) is 42.9 Å². The van der Waals surface area contributed by atoms with Crippen LogP contribution in [0.1, 0.15) is 56.6 Å². The van der Waals surface area contributed by atoms with Crippen molar-refractivity contribution in [1.29, 1.82) is 0 Å². The maximum absolute atomic E-state index is 10.7. The lowest BCUT2D eigenvalue weighted by atomic mass is 9.74. The Morgan fingerprint density at radius 1 is 1.15 bits per heavy atom. The largest absolute Gasteiger partial charge is 0.388 e. The number of hydrogen-bond acceptors (Lipinski definition) is 2. The molecule has 2 aliphatic rings. The molecule has 1 saturated carbocycles. The highest BCUT2D eigenvalue weighted by molar-refractivity contribution is 6.30. The average molecular weight is 295 g/mol. The third-order valence-corrected chi connectivity index (χ3v) is 5.21. The lowest BCUT2D eigenvalue weighted by Gasteiger charge is -2.44. The summed E-state index contributed by atoms with van der Waals surface area (Å²) < 4.78 is 6.11. The number of ether oxygens (including phenoxy) is 1. The molecule has 2 unspecified atom stereocenters. The van der Waals surface area contributed by atoms with Crippen LogP contribution in [0.25, 0.3) is 0 Å². The molecule has 2 atom stereocenters. The fraction of sp³-hybridized carbons (Fsp3) is 0.647. The van der Waals surface area contributed by atoms with Gasteiger partial charge in [0.25, 0.3) is 0 Å². The van der Waals surface area contributed by atoms with Crippen molar-refractivity contribution in [2.45, 2.75) is 56.7 Å². The topological polar surface area (TPSA) is 29.5 Å². The lowest BCUT2D eigenvalue weighted by Crippen LogP contribution is -2.42. The second-order valence-corrected chi connectivity index (χ2v) is 6.78. The van der Waals surface area contributed by atoms with Crippen LogP contribution in [0, 0.1) is 5.92 Å². The fourth-order valence-electron chi connectivity index (χ4n) is 3.81. The minimum atomic E-state index is -0.394. The molecule has 1 aliphatic heterocycles. The standard InChI is InChI=1S/C17H23ClO2/c18-15-6-4-13(5-7-15)16(19)14-8-11-20-17(12-14)9-2-1-3-10-17/h4-7,14,16,19H,1-3,8-12H2. The van der Waals surface area contributed by atoms with Crippen LogP contribution >= 0.6 is 11.6 Å². The van der Waals surface area contributed by atoms with Gasteiger partial charge in [-0.05, 0) is 49.3 Å². The van der Waals surface area contributed by atoms with Crippen LogP contribution in [0.4, 0.5) is 0 Å². The van der Waals surface area contributed by atoms with Crippen LogP contribution in [-0.4, -0.2) is 17.3 Å². The van der Waals surface area contributed by atoms with E-state index < -0.39 is 6.10 Å². The Kier molecular flexibility index (Phi) is 4.34. The summed E-state index contributed by atoms with van der Waals surface area (Å²) in [6.45, 7) is 0.787. The predicted octanol–water partition coefficient (Wildman–Crippen LogP) is 4.50. The second kappa shape index (κ2) is 6.05. The molecule has 1 aromatic rings. The van der Waals surface area contributed by atoms with Gasteiger partial charge in [0.1, 0.15) is 0 Å². The van der Waals surface area contributed by atoms with Crippen LogP contribution < -0.4 is 0 Å². The first-order valence-electron chi connectivity index (χ1n) is 7.76. The first kappa shape index (κ1) is 14.4. The van der Waals surface area contributed by atoms with E-state index in [-0.39, 0.29) is 5.60 Å². The van der Waals surface area contributed by atoms with Crippen molar-refractivity contribution in [1.82, 2.24) is 0 Å². The number of aliphatic hydroxyl groups excluding tert-OH is 1. The average Bonchev–Trinajstić information content (AvgIpc) is 2.48. The van der Waals surface area contributed by atoms with E-state index in [1.54, 1.807) is 0 Å². The van der Waals surface area contributed by atoms with Crippen molar-refractivity contribution in [3.63, 3.8) is 0 Å². The van der Waals surface area contributed by atoms with Crippen molar-refractivity contribution < 1.29 is 9.84 Å². The Morgan fingerprint density at radius 2 is 1.85 bits per heavy atom. The summed E-state index contributed by atoms with van der Waals surface area (Å²) >= 11 is 5.92. The second-order valence-electron chi connectivity index (χ2n) is 6.34. The third-order valence-electron chi connectivity index (χ3n) is 4.95. The Balaban J connectivity index is 1.71. The summed E-state index contributed by atoms with van der Waals surface area (Å²) in [5, 5.41) is 11.4. The predicted molar refractivity (Wildman–Crippen MR) is 80.9 cm³/mol. The van der Waals surface area contributed by atoms with Crippen molar-refractivity contribution in [3.05, 3.63) is 34.9 Å². The molecule has 1 saturated heterocycles. The third kappa shape index (κ3) is 3.03. The Hall–Kier alpha value is -0.570. The van der Waals surface area contributed by atoms with Crippen LogP contribution in [0.15, 0.2) is 24.3 Å². The van der Waals surface area contributed by atoms with E-state index in [1.807, 2.05) is 24.3 Å². The molecule has 1 spiro atoms. The van der Waals surface area contributed by atoms with Gasteiger partial charge in [-0.3, -0.25) is 0 Å². The Bertz CT molecular complexity index is 431. The molecule has 0 bridgehead atoms. The monoisotopic (exact) mass is 294 g/mol. The molecule has 0 aromatic heterocycles. The van der Waals surface area contributed by atoms with E-state index >= 15 is 0 Å². The molecule has 1 N–H and O–H groups in total. The summed E-state index contributed by atoms with van der Waals surface area (Å²) in [6, 6.07) is 7.59. The number of rotatable bonds is 2. The SMILES string of the molecule is OC(c1ccc(Cl)cc1)C1CCOC2(CCCCC2)C1. The first-order valence-corrected chi connectivity index (χ1v) is 8.14. The molecular formula is C17H23ClO2. The smallest absolute Gasteiger partial charge is 0.0820 e. The quantitative estimate of drug-likeness (QED) is 0.870. The summed E-state index contributed by atoms with van der Waals surface area (Å²) in [5.41, 5.74) is 1.03. The van der Waals surface area contributed by atoms with E-state index in [4.69, 9.17) is 16.3 Å². The normalized spacial score (nSPS) is 27.4. The van der Waals surface area contributed by atoms with Gasteiger partial charge in [-0.1, -0.05) is 43.0 Å². The lowest BCUT2D eigenvalue weighted by molar-refractivity contribution is -0.134. The molecule has 1 heterocycles. The molecule has 1 aromatic carbocycles. The van der Waals surface area contributed by atoms with Gasteiger partial charge >= 0.3 is 0 Å². The molecule has 1 aliphatic carbocycles. The van der Waals surface area contributed by atoms with Crippen molar-refractivity contribution in [3.8, 4) is 0 Å². The van der Waals surface area contributed by atoms with E-state index in [2.05, 4.69) is 0 Å². The van der Waals surface area contributed by atoms with Crippen molar-refractivity contribution >= 4 is 11.6 Å². The molecule has 3 heteroatoms. The first-order chi connectivity index (χ1) is 9.69. The van der Waals surface area contributed by atoms with Gasteiger partial charge in [0.05, 0.1) is 11.7 Å². The van der Waals surface area contributed by atoms with E-state index in [9.17, 15) is 5.11 Å². The van der Waals surface area contributed by atoms with Crippen LogP contribution in [0.3, 0.4) is 0 Å². The number of halogens is 1. The molecular weight excluding hydrogens is 272 g/mol. The maximum atomic E-state index is 10.7. The molecule has 2 fully saturated rings. The minimum Gasteiger partial charge on any atom is -0.388 e. The number of hydrogen-bond donors (Lipinski definition) is 1. The van der Waals surface area contributed by atoms with Gasteiger partial charge in [-0.25, -0.2) is 0 Å². The maximum Gasteiger partial charge on any atom is 0.0820 e. The van der Waals surface area contributed by atoms with Gasteiger partial charge in [-0.15, -0.1) is 0 Å². The van der Waals surface area contributed by atoms with Crippen LogP contribution in [0.5, 0.6) is 0 Å². The molecule has 3 rings (SSSR count). The zero-order chi connectivity index (χ0) is 14.0. The summed E-state index contributed by atoms with van der Waals surface area (Å²) in [5.74, 6) is 0.308. The fourth-order valence-corrected chi connectivity index (χ4v) is 3.94. The summed E-state index contributed by atoms with van der Waals surface area (Å²) in [7, 11) is 0. The Morgan fingerprint density at radius 3 is 2.55 bits per heavy atom. The van der Waals surface area contributed by atoms with Crippen molar-refractivity contribution in [2.24, 2.45) is 5.92 Å². The van der Waals surface area contributed by atoms with E-state index in [0.29, 0.717) is 5.92 Å². The number of aliphatic hydroxyl groups is 1. The molecule has 0 radical (unpaired) electrons. The van der Waals surface area contributed by atoms with Gasteiger partial charge in [0, 0.05) is 11.6 Å². The van der Waals surface area contributed by atoms with Gasteiger partial charge in [-0.2, -0.15) is 0 Å². The van der Waals surface area contributed by atoms with Crippen LogP contribution in [-0.2, 0) is 4.74 Å². The molecule has 20 heavy (non-hydrogen) atoms.